The molecule has 0 saturated carbocycles. The monoisotopic (exact) mass is 271 g/mol. The van der Waals surface area contributed by atoms with E-state index in [0.29, 0.717) is 12.3 Å². The Kier molecular flexibility index (Phi) is 3.16. The van der Waals surface area contributed by atoms with Crippen LogP contribution in [-0.2, 0) is 6.54 Å². The minimum absolute atomic E-state index is 0.271. The quantitative estimate of drug-likeness (QED) is 0.790. The molecule has 102 valence electrons. The van der Waals surface area contributed by atoms with Gasteiger partial charge in [-0.2, -0.15) is 0 Å². The minimum atomic E-state index is -0.360. The fraction of sp³-hybridized carbons (Fsp3) is 0.125. The van der Waals surface area contributed by atoms with E-state index in [9.17, 15) is 4.39 Å². The van der Waals surface area contributed by atoms with Crippen molar-refractivity contribution in [3.05, 3.63) is 53.8 Å². The van der Waals surface area contributed by atoms with Gasteiger partial charge in [-0.1, -0.05) is 12.1 Å². The summed E-state index contributed by atoms with van der Waals surface area (Å²) in [7, 11) is 1.60. The van der Waals surface area contributed by atoms with Crippen molar-refractivity contribution in [2.75, 3.05) is 7.11 Å². The molecule has 20 heavy (non-hydrogen) atoms. The smallest absolute Gasteiger partial charge is 0.170 e. The number of fused-ring (bicyclic) bond motifs is 1. The summed E-state index contributed by atoms with van der Waals surface area (Å²) in [5, 5.41) is 0.741. The Morgan fingerprint density at radius 3 is 2.75 bits per heavy atom. The summed E-state index contributed by atoms with van der Waals surface area (Å²) in [6.45, 7) is 0.367. The lowest BCUT2D eigenvalue weighted by Crippen LogP contribution is -1.99. The lowest BCUT2D eigenvalue weighted by molar-refractivity contribution is 0.410. The zero-order valence-corrected chi connectivity index (χ0v) is 11.0. The molecular formula is C16H14FNO2. The van der Waals surface area contributed by atoms with Crippen LogP contribution >= 0.6 is 0 Å². The average Bonchev–Trinajstić information content (AvgIpc) is 2.92. The first-order chi connectivity index (χ1) is 9.72. The molecule has 0 atom stereocenters. The zero-order chi connectivity index (χ0) is 14.1. The van der Waals surface area contributed by atoms with Gasteiger partial charge in [0, 0.05) is 23.1 Å². The van der Waals surface area contributed by atoms with Crippen LogP contribution in [0.15, 0.2) is 46.9 Å². The van der Waals surface area contributed by atoms with Crippen molar-refractivity contribution in [3.63, 3.8) is 0 Å². The van der Waals surface area contributed by atoms with E-state index in [4.69, 9.17) is 14.9 Å². The van der Waals surface area contributed by atoms with Gasteiger partial charge in [0.15, 0.2) is 11.4 Å². The fourth-order valence-corrected chi connectivity index (χ4v) is 2.26. The van der Waals surface area contributed by atoms with Gasteiger partial charge >= 0.3 is 0 Å². The molecule has 2 N–H and O–H groups in total. The molecule has 0 bridgehead atoms. The first-order valence-corrected chi connectivity index (χ1v) is 6.28. The normalized spacial score (nSPS) is 10.9. The van der Waals surface area contributed by atoms with Crippen LogP contribution in [-0.4, -0.2) is 7.11 Å². The first kappa shape index (κ1) is 12.7. The van der Waals surface area contributed by atoms with Crippen molar-refractivity contribution in [3.8, 4) is 17.1 Å². The molecule has 3 rings (SSSR count). The third-order valence-electron chi connectivity index (χ3n) is 3.28. The molecule has 0 aliphatic carbocycles. The molecule has 3 aromatic rings. The summed E-state index contributed by atoms with van der Waals surface area (Å²) >= 11 is 0. The van der Waals surface area contributed by atoms with Crippen LogP contribution in [0.25, 0.3) is 22.3 Å². The highest BCUT2D eigenvalue weighted by Crippen LogP contribution is 2.31. The molecule has 0 amide bonds. The molecule has 0 radical (unpaired) electrons. The Morgan fingerprint density at radius 2 is 2.05 bits per heavy atom. The number of furan rings is 1. The summed E-state index contributed by atoms with van der Waals surface area (Å²) in [5.41, 5.74) is 7.70. The van der Waals surface area contributed by atoms with Crippen LogP contribution in [0.4, 0.5) is 4.39 Å². The van der Waals surface area contributed by atoms with Crippen LogP contribution in [0.2, 0.25) is 0 Å². The van der Waals surface area contributed by atoms with Crippen molar-refractivity contribution in [1.82, 2.24) is 0 Å². The molecule has 0 saturated heterocycles. The second-order valence-electron chi connectivity index (χ2n) is 4.50. The molecule has 0 aliphatic heterocycles. The van der Waals surface area contributed by atoms with Crippen molar-refractivity contribution in [2.24, 2.45) is 5.73 Å². The molecule has 0 spiro atoms. The van der Waals surface area contributed by atoms with E-state index < -0.39 is 0 Å². The van der Waals surface area contributed by atoms with E-state index in [2.05, 4.69) is 0 Å². The number of halogens is 1. The Balaban J connectivity index is 2.13. The maximum Gasteiger partial charge on any atom is 0.170 e. The summed E-state index contributed by atoms with van der Waals surface area (Å²) in [6.07, 6.45) is 0. The maximum atomic E-state index is 13.6. The Bertz CT molecular complexity index is 764. The maximum absolute atomic E-state index is 13.6. The third kappa shape index (κ3) is 2.04. The second-order valence-corrected chi connectivity index (χ2v) is 4.50. The lowest BCUT2D eigenvalue weighted by Gasteiger charge is -2.07. The van der Waals surface area contributed by atoms with Crippen molar-refractivity contribution < 1.29 is 13.5 Å². The van der Waals surface area contributed by atoms with Crippen LogP contribution in [0, 0.1) is 5.82 Å². The van der Waals surface area contributed by atoms with Crippen molar-refractivity contribution in [1.29, 1.82) is 0 Å². The molecule has 0 aliphatic rings. The summed E-state index contributed by atoms with van der Waals surface area (Å²) < 4.78 is 24.5. The number of benzene rings is 2. The lowest BCUT2D eigenvalue weighted by atomic mass is 10.1. The Morgan fingerprint density at radius 1 is 1.20 bits per heavy atom. The number of para-hydroxylation sites is 1. The molecule has 2 aromatic carbocycles. The molecular weight excluding hydrogens is 257 g/mol. The average molecular weight is 271 g/mol. The molecule has 4 heteroatoms. The van der Waals surface area contributed by atoms with Crippen molar-refractivity contribution >= 4 is 11.0 Å². The van der Waals surface area contributed by atoms with Gasteiger partial charge in [-0.15, -0.1) is 0 Å². The molecule has 1 aromatic heterocycles. The molecule has 1 heterocycles. The predicted molar refractivity (Wildman–Crippen MR) is 76.1 cm³/mol. The summed E-state index contributed by atoms with van der Waals surface area (Å²) in [4.78, 5) is 0. The predicted octanol–water partition coefficient (Wildman–Crippen LogP) is 3.71. The van der Waals surface area contributed by atoms with Gasteiger partial charge < -0.3 is 14.9 Å². The summed E-state index contributed by atoms with van der Waals surface area (Å²) in [6, 6.07) is 12.3. The van der Waals surface area contributed by atoms with Crippen LogP contribution in [0.1, 0.15) is 5.56 Å². The fourth-order valence-electron chi connectivity index (χ4n) is 2.26. The van der Waals surface area contributed by atoms with Gasteiger partial charge in [-0.25, -0.2) is 4.39 Å². The van der Waals surface area contributed by atoms with Gasteiger partial charge in [0.05, 0.1) is 7.11 Å². The topological polar surface area (TPSA) is 48.4 Å². The number of methoxy groups -OCH3 is 1. The van der Waals surface area contributed by atoms with Gasteiger partial charge in [-0.05, 0) is 30.3 Å². The van der Waals surface area contributed by atoms with E-state index in [1.807, 2.05) is 30.3 Å². The van der Waals surface area contributed by atoms with Crippen LogP contribution in [0.5, 0.6) is 5.75 Å². The number of hydrogen-bond donors (Lipinski definition) is 1. The Labute approximate surface area is 115 Å². The van der Waals surface area contributed by atoms with E-state index in [1.54, 1.807) is 13.2 Å². The highest BCUT2D eigenvalue weighted by molar-refractivity contribution is 5.83. The second kappa shape index (κ2) is 4.98. The largest absolute Gasteiger partial charge is 0.496 e. The van der Waals surface area contributed by atoms with E-state index >= 15 is 0 Å². The van der Waals surface area contributed by atoms with Gasteiger partial charge in [0.2, 0.25) is 0 Å². The molecule has 0 unspecified atom stereocenters. The van der Waals surface area contributed by atoms with Crippen LogP contribution in [0.3, 0.4) is 0 Å². The molecule has 3 nitrogen and oxygen atoms in total. The highest BCUT2D eigenvalue weighted by atomic mass is 19.1. The summed E-state index contributed by atoms with van der Waals surface area (Å²) in [5.74, 6) is 0.988. The van der Waals surface area contributed by atoms with Gasteiger partial charge in [0.1, 0.15) is 11.5 Å². The van der Waals surface area contributed by atoms with E-state index in [0.717, 1.165) is 22.3 Å². The number of nitrogens with two attached hydrogens (primary N) is 1. The highest BCUT2D eigenvalue weighted by Gasteiger charge is 2.11. The third-order valence-corrected chi connectivity index (χ3v) is 3.28. The molecule has 0 fully saturated rings. The van der Waals surface area contributed by atoms with E-state index in [1.165, 1.54) is 6.07 Å². The standard InChI is InChI=1S/C16H14FNO2/c1-19-14-6-5-10(7-12(14)9-18)15-8-11-3-2-4-13(17)16(11)20-15/h2-8H,9,18H2,1H3. The van der Waals surface area contributed by atoms with Gasteiger partial charge in [-0.3, -0.25) is 0 Å². The SMILES string of the molecule is COc1ccc(-c2cc3cccc(F)c3o2)cc1CN. The van der Waals surface area contributed by atoms with E-state index in [-0.39, 0.29) is 11.4 Å². The number of hydrogen-bond acceptors (Lipinski definition) is 3. The van der Waals surface area contributed by atoms with Crippen molar-refractivity contribution in [2.45, 2.75) is 6.54 Å². The van der Waals surface area contributed by atoms with Crippen LogP contribution < -0.4 is 10.5 Å². The number of rotatable bonds is 3. The minimum Gasteiger partial charge on any atom is -0.496 e. The Hall–Kier alpha value is -2.33. The first-order valence-electron chi connectivity index (χ1n) is 6.28. The zero-order valence-electron chi connectivity index (χ0n) is 11.0. The number of ether oxygens (including phenoxy) is 1. The van der Waals surface area contributed by atoms with Gasteiger partial charge in [0.25, 0.3) is 0 Å².